The van der Waals surface area contributed by atoms with Gasteiger partial charge in [-0.25, -0.2) is 4.79 Å². The molecule has 1 amide bonds. The molecule has 1 saturated heterocycles. The number of hydrogen-bond donors (Lipinski definition) is 1. The fourth-order valence-corrected chi connectivity index (χ4v) is 3.49. The Morgan fingerprint density at radius 1 is 1.08 bits per heavy atom. The van der Waals surface area contributed by atoms with Crippen LogP contribution in [0.25, 0.3) is 0 Å². The van der Waals surface area contributed by atoms with Crippen LogP contribution in [0.15, 0.2) is 36.7 Å². The van der Waals surface area contributed by atoms with Crippen LogP contribution < -0.4 is 0 Å². The van der Waals surface area contributed by atoms with E-state index in [0.29, 0.717) is 19.1 Å². The molecule has 0 aromatic carbocycles. The van der Waals surface area contributed by atoms with Gasteiger partial charge in [-0.3, -0.25) is 14.9 Å². The minimum Gasteiger partial charge on any atom is -0.465 e. The third kappa shape index (κ3) is 4.38. The van der Waals surface area contributed by atoms with Gasteiger partial charge in [0, 0.05) is 44.6 Å². The van der Waals surface area contributed by atoms with E-state index in [1.54, 1.807) is 0 Å². The molecule has 138 valence electrons. The van der Waals surface area contributed by atoms with E-state index >= 15 is 0 Å². The summed E-state index contributed by atoms with van der Waals surface area (Å²) in [5, 5.41) is 9.20. The zero-order valence-corrected chi connectivity index (χ0v) is 15.4. The average Bonchev–Trinajstić information content (AvgIpc) is 2.64. The lowest BCUT2D eigenvalue weighted by Gasteiger charge is -2.37. The van der Waals surface area contributed by atoms with Crippen molar-refractivity contribution in [3.8, 4) is 0 Å². The fraction of sp³-hybridized carbons (Fsp3) is 0.450. The Balaban J connectivity index is 1.79. The molecule has 2 aromatic heterocycles. The monoisotopic (exact) mass is 354 g/mol. The lowest BCUT2D eigenvalue weighted by molar-refractivity contribution is 0.0857. The van der Waals surface area contributed by atoms with Crippen molar-refractivity contribution in [2.75, 3.05) is 13.1 Å². The third-order valence-electron chi connectivity index (χ3n) is 5.19. The molecule has 3 heterocycles. The molecule has 0 atom stereocenters. The predicted octanol–water partition coefficient (Wildman–Crippen LogP) is 3.24. The van der Waals surface area contributed by atoms with Gasteiger partial charge in [0.2, 0.25) is 0 Å². The van der Waals surface area contributed by atoms with Crippen molar-refractivity contribution in [2.45, 2.75) is 45.8 Å². The highest BCUT2D eigenvalue weighted by Gasteiger charge is 2.27. The van der Waals surface area contributed by atoms with E-state index in [-0.39, 0.29) is 0 Å². The number of aryl methyl sites for hydroxylation is 2. The Morgan fingerprint density at radius 2 is 1.58 bits per heavy atom. The molecule has 0 radical (unpaired) electrons. The van der Waals surface area contributed by atoms with Crippen LogP contribution in [0.1, 0.15) is 35.4 Å². The molecule has 6 nitrogen and oxygen atoms in total. The summed E-state index contributed by atoms with van der Waals surface area (Å²) in [5.41, 5.74) is 4.50. The molecular weight excluding hydrogens is 328 g/mol. The van der Waals surface area contributed by atoms with Crippen molar-refractivity contribution in [1.82, 2.24) is 19.8 Å². The van der Waals surface area contributed by atoms with Crippen LogP contribution >= 0.6 is 0 Å². The van der Waals surface area contributed by atoms with E-state index < -0.39 is 6.09 Å². The molecule has 6 heteroatoms. The summed E-state index contributed by atoms with van der Waals surface area (Å²) in [6.45, 7) is 6.83. The molecule has 0 saturated carbocycles. The maximum Gasteiger partial charge on any atom is 0.407 e. The summed E-state index contributed by atoms with van der Waals surface area (Å²) in [6.07, 6.45) is 4.52. The smallest absolute Gasteiger partial charge is 0.407 e. The van der Waals surface area contributed by atoms with Crippen molar-refractivity contribution in [3.05, 3.63) is 59.2 Å². The molecule has 0 aliphatic carbocycles. The van der Waals surface area contributed by atoms with Gasteiger partial charge >= 0.3 is 6.09 Å². The standard InChI is InChI=1S/C20H26N4O2/c1-15-5-3-9-21-18(15)13-24(14-19-16(2)6-4-10-22-19)17-7-11-23(12-8-17)20(25)26/h3-6,9-10,17H,7-8,11-14H2,1-2H3,(H,25,26). The summed E-state index contributed by atoms with van der Waals surface area (Å²) in [5.74, 6) is 0. The van der Waals surface area contributed by atoms with E-state index in [1.165, 1.54) is 16.0 Å². The molecule has 3 rings (SSSR count). The van der Waals surface area contributed by atoms with E-state index in [1.807, 2.05) is 24.5 Å². The summed E-state index contributed by atoms with van der Waals surface area (Å²) in [6, 6.07) is 8.40. The van der Waals surface area contributed by atoms with Crippen LogP contribution in [0.3, 0.4) is 0 Å². The maximum absolute atomic E-state index is 11.2. The maximum atomic E-state index is 11.2. The Hall–Kier alpha value is -2.47. The number of pyridine rings is 2. The van der Waals surface area contributed by atoms with E-state index in [0.717, 1.165) is 37.3 Å². The highest BCUT2D eigenvalue weighted by Crippen LogP contribution is 2.22. The number of rotatable bonds is 5. The first-order valence-electron chi connectivity index (χ1n) is 9.07. The van der Waals surface area contributed by atoms with Crippen molar-refractivity contribution in [3.63, 3.8) is 0 Å². The van der Waals surface area contributed by atoms with Crippen LogP contribution in [0.4, 0.5) is 4.79 Å². The van der Waals surface area contributed by atoms with Crippen molar-refractivity contribution in [1.29, 1.82) is 0 Å². The van der Waals surface area contributed by atoms with Gasteiger partial charge in [0.15, 0.2) is 0 Å². The number of piperidine rings is 1. The number of likely N-dealkylation sites (tertiary alicyclic amines) is 1. The summed E-state index contributed by atoms with van der Waals surface area (Å²) >= 11 is 0. The minimum absolute atomic E-state index is 0.327. The topological polar surface area (TPSA) is 69.6 Å². The Labute approximate surface area is 154 Å². The van der Waals surface area contributed by atoms with Gasteiger partial charge in [-0.1, -0.05) is 12.1 Å². The molecule has 1 N–H and O–H groups in total. The summed E-state index contributed by atoms with van der Waals surface area (Å²) in [7, 11) is 0. The normalized spacial score (nSPS) is 15.4. The Bertz CT molecular complexity index is 709. The molecule has 0 bridgehead atoms. The van der Waals surface area contributed by atoms with Crippen LogP contribution in [0, 0.1) is 13.8 Å². The second-order valence-electron chi connectivity index (χ2n) is 6.94. The minimum atomic E-state index is -0.823. The van der Waals surface area contributed by atoms with E-state index in [4.69, 9.17) is 0 Å². The highest BCUT2D eigenvalue weighted by molar-refractivity contribution is 5.65. The lowest BCUT2D eigenvalue weighted by atomic mass is 10.0. The number of aromatic nitrogens is 2. The van der Waals surface area contributed by atoms with Gasteiger partial charge in [0.05, 0.1) is 11.4 Å². The van der Waals surface area contributed by atoms with Crippen LogP contribution in [0.2, 0.25) is 0 Å². The van der Waals surface area contributed by atoms with Gasteiger partial charge in [-0.15, -0.1) is 0 Å². The molecular formula is C20H26N4O2. The summed E-state index contributed by atoms with van der Waals surface area (Å²) in [4.78, 5) is 24.2. The second kappa shape index (κ2) is 8.27. The molecule has 1 fully saturated rings. The number of amides is 1. The number of hydrogen-bond acceptors (Lipinski definition) is 4. The van der Waals surface area contributed by atoms with Crippen LogP contribution in [-0.2, 0) is 13.1 Å². The van der Waals surface area contributed by atoms with Gasteiger partial charge in [-0.05, 0) is 49.9 Å². The predicted molar refractivity (Wildman–Crippen MR) is 99.8 cm³/mol. The average molecular weight is 354 g/mol. The zero-order valence-electron chi connectivity index (χ0n) is 15.4. The SMILES string of the molecule is Cc1cccnc1CN(Cc1ncccc1C)C1CCN(C(=O)O)CC1. The lowest BCUT2D eigenvalue weighted by Crippen LogP contribution is -2.46. The third-order valence-corrected chi connectivity index (χ3v) is 5.19. The Kier molecular flexibility index (Phi) is 5.83. The molecule has 2 aromatic rings. The van der Waals surface area contributed by atoms with Crippen molar-refractivity contribution in [2.24, 2.45) is 0 Å². The summed E-state index contributed by atoms with van der Waals surface area (Å²) < 4.78 is 0. The fourth-order valence-electron chi connectivity index (χ4n) is 3.49. The van der Waals surface area contributed by atoms with Gasteiger partial charge < -0.3 is 10.0 Å². The van der Waals surface area contributed by atoms with Gasteiger partial charge in [-0.2, -0.15) is 0 Å². The number of carbonyl (C=O) groups is 1. The number of nitrogens with zero attached hydrogens (tertiary/aromatic N) is 4. The first-order valence-corrected chi connectivity index (χ1v) is 9.07. The number of carboxylic acid groups (broad SMARTS) is 1. The first kappa shape index (κ1) is 18.3. The van der Waals surface area contributed by atoms with E-state index in [9.17, 15) is 9.90 Å². The molecule has 1 aliphatic rings. The van der Waals surface area contributed by atoms with Crippen LogP contribution in [0.5, 0.6) is 0 Å². The second-order valence-corrected chi connectivity index (χ2v) is 6.94. The van der Waals surface area contributed by atoms with Gasteiger partial charge in [0.1, 0.15) is 0 Å². The highest BCUT2D eigenvalue weighted by atomic mass is 16.4. The van der Waals surface area contributed by atoms with Gasteiger partial charge in [0.25, 0.3) is 0 Å². The van der Waals surface area contributed by atoms with Crippen LogP contribution in [-0.4, -0.2) is 50.1 Å². The molecule has 0 unspecified atom stereocenters. The van der Waals surface area contributed by atoms with Crippen molar-refractivity contribution >= 4 is 6.09 Å². The quantitative estimate of drug-likeness (QED) is 0.893. The van der Waals surface area contributed by atoms with Crippen molar-refractivity contribution < 1.29 is 9.90 Å². The Morgan fingerprint density at radius 3 is 2.00 bits per heavy atom. The largest absolute Gasteiger partial charge is 0.465 e. The molecule has 26 heavy (non-hydrogen) atoms. The molecule has 1 aliphatic heterocycles. The molecule has 0 spiro atoms. The zero-order chi connectivity index (χ0) is 18.5. The van der Waals surface area contributed by atoms with E-state index in [2.05, 4.69) is 40.8 Å². The first-order chi connectivity index (χ1) is 12.5.